The van der Waals surface area contributed by atoms with Crippen molar-refractivity contribution in [1.29, 1.82) is 0 Å². The number of alkyl halides is 3. The monoisotopic (exact) mass is 389 g/mol. The SMILES string of the molecule is Cc1cc(C(=O)O)cc(S(=O)(=O)NNc2ccc(C(F)(F)F)cn2)c1C. The predicted molar refractivity (Wildman–Crippen MR) is 86.1 cm³/mol. The number of rotatable bonds is 5. The number of hydrogen-bond donors (Lipinski definition) is 3. The number of carboxylic acids is 1. The lowest BCUT2D eigenvalue weighted by atomic mass is 10.1. The first kappa shape index (κ1) is 19.7. The number of halogens is 3. The zero-order valence-corrected chi connectivity index (χ0v) is 14.4. The minimum absolute atomic E-state index is 0.162. The van der Waals surface area contributed by atoms with Gasteiger partial charge in [0.2, 0.25) is 0 Å². The molecule has 7 nitrogen and oxygen atoms in total. The smallest absolute Gasteiger partial charge is 0.417 e. The number of nitrogens with zero attached hydrogens (tertiary/aromatic N) is 1. The summed E-state index contributed by atoms with van der Waals surface area (Å²) in [5.41, 5.74) is 1.80. The average Bonchev–Trinajstić information content (AvgIpc) is 2.54. The number of hydrazine groups is 1. The van der Waals surface area contributed by atoms with Gasteiger partial charge in [-0.3, -0.25) is 5.43 Å². The molecule has 0 spiro atoms. The molecule has 0 saturated heterocycles. The topological polar surface area (TPSA) is 108 Å². The molecule has 140 valence electrons. The highest BCUT2D eigenvalue weighted by Crippen LogP contribution is 2.28. The van der Waals surface area contributed by atoms with Crippen molar-refractivity contribution in [2.24, 2.45) is 0 Å². The summed E-state index contributed by atoms with van der Waals surface area (Å²) in [6.07, 6.45) is -4.01. The zero-order valence-electron chi connectivity index (χ0n) is 13.5. The molecule has 0 atom stereocenters. The molecule has 0 aliphatic rings. The number of anilines is 1. The second-order valence-electron chi connectivity index (χ2n) is 5.38. The summed E-state index contributed by atoms with van der Waals surface area (Å²) < 4.78 is 62.3. The largest absolute Gasteiger partial charge is 0.478 e. The number of sulfonamides is 1. The molecule has 0 aliphatic heterocycles. The Balaban J connectivity index is 2.26. The summed E-state index contributed by atoms with van der Waals surface area (Å²) in [6, 6.07) is 4.03. The van der Waals surface area contributed by atoms with E-state index in [0.29, 0.717) is 17.3 Å². The number of benzene rings is 1. The number of carboxylic acid groups (broad SMARTS) is 1. The van der Waals surface area contributed by atoms with E-state index in [9.17, 15) is 26.4 Å². The van der Waals surface area contributed by atoms with Crippen molar-refractivity contribution in [1.82, 2.24) is 9.82 Å². The van der Waals surface area contributed by atoms with Crippen LogP contribution in [0.5, 0.6) is 0 Å². The number of aromatic nitrogens is 1. The van der Waals surface area contributed by atoms with Crippen LogP contribution in [0, 0.1) is 13.8 Å². The van der Waals surface area contributed by atoms with E-state index in [0.717, 1.165) is 18.2 Å². The van der Waals surface area contributed by atoms with Gasteiger partial charge in [-0.25, -0.2) is 18.2 Å². The molecule has 2 rings (SSSR count). The van der Waals surface area contributed by atoms with Crippen LogP contribution in [0.25, 0.3) is 0 Å². The minimum atomic E-state index is -4.56. The first-order valence-corrected chi connectivity index (χ1v) is 8.56. The lowest BCUT2D eigenvalue weighted by molar-refractivity contribution is -0.137. The Bertz CT molecular complexity index is 942. The van der Waals surface area contributed by atoms with Gasteiger partial charge in [-0.1, -0.05) is 0 Å². The second-order valence-corrected chi connectivity index (χ2v) is 7.03. The molecule has 0 saturated carbocycles. The predicted octanol–water partition coefficient (Wildman–Crippen LogP) is 2.72. The van der Waals surface area contributed by atoms with Crippen molar-refractivity contribution < 1.29 is 31.5 Å². The van der Waals surface area contributed by atoms with Crippen LogP contribution in [0.1, 0.15) is 27.0 Å². The van der Waals surface area contributed by atoms with Gasteiger partial charge in [-0.15, -0.1) is 4.83 Å². The van der Waals surface area contributed by atoms with Crippen LogP contribution in [0.3, 0.4) is 0 Å². The Morgan fingerprint density at radius 3 is 2.35 bits per heavy atom. The van der Waals surface area contributed by atoms with Crippen LogP contribution >= 0.6 is 0 Å². The molecule has 1 aromatic carbocycles. The summed E-state index contributed by atoms with van der Waals surface area (Å²) in [6.45, 7) is 3.07. The Hall–Kier alpha value is -2.66. The molecule has 0 bridgehead atoms. The van der Waals surface area contributed by atoms with Gasteiger partial charge in [0, 0.05) is 6.20 Å². The molecular formula is C15H14F3N3O4S. The zero-order chi connectivity index (χ0) is 19.7. The van der Waals surface area contributed by atoms with Gasteiger partial charge in [0.05, 0.1) is 16.0 Å². The van der Waals surface area contributed by atoms with Crippen LogP contribution in [-0.2, 0) is 16.2 Å². The highest BCUT2D eigenvalue weighted by atomic mass is 32.2. The molecule has 0 unspecified atom stereocenters. The van der Waals surface area contributed by atoms with Crippen molar-refractivity contribution in [3.63, 3.8) is 0 Å². The molecule has 0 aliphatic carbocycles. The van der Waals surface area contributed by atoms with Crippen molar-refractivity contribution in [2.75, 3.05) is 5.43 Å². The van der Waals surface area contributed by atoms with E-state index in [2.05, 4.69) is 10.4 Å². The van der Waals surface area contributed by atoms with E-state index < -0.39 is 27.7 Å². The van der Waals surface area contributed by atoms with Gasteiger partial charge < -0.3 is 5.11 Å². The molecular weight excluding hydrogens is 375 g/mol. The summed E-state index contributed by atoms with van der Waals surface area (Å²) in [5, 5.41) is 9.06. The van der Waals surface area contributed by atoms with E-state index in [-0.39, 0.29) is 16.3 Å². The maximum atomic E-state index is 12.5. The van der Waals surface area contributed by atoms with Gasteiger partial charge in [-0.05, 0) is 49.2 Å². The summed E-state index contributed by atoms with van der Waals surface area (Å²) >= 11 is 0. The quantitative estimate of drug-likeness (QED) is 0.679. The first-order chi connectivity index (χ1) is 11.9. The number of carbonyl (C=O) groups is 1. The number of hydrogen-bond acceptors (Lipinski definition) is 5. The fourth-order valence-electron chi connectivity index (χ4n) is 2.04. The molecule has 11 heteroatoms. The number of nitrogens with one attached hydrogen (secondary N) is 2. The lowest BCUT2D eigenvalue weighted by Crippen LogP contribution is -2.31. The van der Waals surface area contributed by atoms with E-state index in [1.165, 1.54) is 13.0 Å². The summed E-state index contributed by atoms with van der Waals surface area (Å²) in [4.78, 5) is 16.3. The fourth-order valence-corrected chi connectivity index (χ4v) is 3.23. The molecule has 0 radical (unpaired) electrons. The Kier molecular flexibility index (Phi) is 5.23. The molecule has 1 heterocycles. The molecule has 2 aromatic rings. The van der Waals surface area contributed by atoms with Crippen molar-refractivity contribution >= 4 is 21.8 Å². The van der Waals surface area contributed by atoms with E-state index in [1.807, 2.05) is 4.83 Å². The van der Waals surface area contributed by atoms with Gasteiger partial charge in [0.1, 0.15) is 5.82 Å². The van der Waals surface area contributed by atoms with Crippen LogP contribution < -0.4 is 10.3 Å². The van der Waals surface area contributed by atoms with Gasteiger partial charge in [0.15, 0.2) is 0 Å². The maximum Gasteiger partial charge on any atom is 0.417 e. The number of aryl methyl sites for hydroxylation is 1. The molecule has 1 aromatic heterocycles. The van der Waals surface area contributed by atoms with Gasteiger partial charge in [0.25, 0.3) is 10.0 Å². The third kappa shape index (κ3) is 4.29. The average molecular weight is 389 g/mol. The number of pyridine rings is 1. The van der Waals surface area contributed by atoms with Crippen LogP contribution in [0.4, 0.5) is 19.0 Å². The second kappa shape index (κ2) is 6.92. The highest BCUT2D eigenvalue weighted by Gasteiger charge is 2.30. The van der Waals surface area contributed by atoms with Crippen molar-refractivity contribution in [2.45, 2.75) is 24.9 Å². The van der Waals surface area contributed by atoms with Gasteiger partial charge >= 0.3 is 12.1 Å². The first-order valence-electron chi connectivity index (χ1n) is 7.07. The van der Waals surface area contributed by atoms with Crippen LogP contribution in [0.15, 0.2) is 35.4 Å². The maximum absolute atomic E-state index is 12.5. The number of aromatic carboxylic acids is 1. The van der Waals surface area contributed by atoms with E-state index in [4.69, 9.17) is 5.11 Å². The van der Waals surface area contributed by atoms with Crippen molar-refractivity contribution in [3.05, 3.63) is 52.7 Å². The third-order valence-corrected chi connectivity index (χ3v) is 4.93. The Morgan fingerprint density at radius 1 is 1.19 bits per heavy atom. The van der Waals surface area contributed by atoms with E-state index >= 15 is 0 Å². The summed E-state index contributed by atoms with van der Waals surface area (Å²) in [7, 11) is -4.19. The normalized spacial score (nSPS) is 12.0. The lowest BCUT2D eigenvalue weighted by Gasteiger charge is -2.13. The molecule has 0 amide bonds. The standard InChI is InChI=1S/C15H14F3N3O4S/c1-8-5-10(14(22)23)6-12(9(8)2)26(24,25)21-20-13-4-3-11(7-19-13)15(16,17)18/h3-7,21H,1-2H3,(H,19,20)(H,22,23). The van der Waals surface area contributed by atoms with Crippen LogP contribution in [0.2, 0.25) is 0 Å². The molecule has 0 fully saturated rings. The Morgan fingerprint density at radius 2 is 1.85 bits per heavy atom. The Labute approximate surface area is 146 Å². The van der Waals surface area contributed by atoms with Crippen LogP contribution in [-0.4, -0.2) is 24.5 Å². The molecule has 3 N–H and O–H groups in total. The van der Waals surface area contributed by atoms with Crippen molar-refractivity contribution in [3.8, 4) is 0 Å². The minimum Gasteiger partial charge on any atom is -0.478 e. The van der Waals surface area contributed by atoms with Gasteiger partial charge in [-0.2, -0.15) is 13.2 Å². The fraction of sp³-hybridized carbons (Fsp3) is 0.200. The van der Waals surface area contributed by atoms with E-state index in [1.54, 1.807) is 6.92 Å². The molecule has 26 heavy (non-hydrogen) atoms. The third-order valence-electron chi connectivity index (χ3n) is 3.56. The summed E-state index contributed by atoms with van der Waals surface area (Å²) in [5.74, 6) is -1.45. The highest BCUT2D eigenvalue weighted by molar-refractivity contribution is 7.89.